The van der Waals surface area contributed by atoms with Crippen molar-refractivity contribution in [3.8, 4) is 0 Å². The second-order valence-electron chi connectivity index (χ2n) is 4.99. The molecule has 1 aromatic rings. The van der Waals surface area contributed by atoms with Crippen molar-refractivity contribution >= 4 is 17.0 Å². The van der Waals surface area contributed by atoms with Crippen LogP contribution in [0.25, 0.3) is 0 Å². The Kier molecular flexibility index (Phi) is 5.07. The van der Waals surface area contributed by atoms with Gasteiger partial charge in [0.25, 0.3) is 0 Å². The molecule has 140 valence electrons. The highest BCUT2D eigenvalue weighted by molar-refractivity contribution is 7.74. The van der Waals surface area contributed by atoms with E-state index in [1.54, 1.807) is 0 Å². The number of nitro groups is 1. The zero-order chi connectivity index (χ0) is 19.2. The van der Waals surface area contributed by atoms with Crippen molar-refractivity contribution < 1.29 is 44.2 Å². The molecule has 0 bridgehead atoms. The number of alkyl halides is 6. The van der Waals surface area contributed by atoms with Gasteiger partial charge in [-0.05, 0) is 19.3 Å². The Morgan fingerprint density at radius 2 is 1.84 bits per heavy atom. The number of hydrogen-bond acceptors (Lipinski definition) is 5. The molecule has 1 aliphatic carbocycles. The summed E-state index contributed by atoms with van der Waals surface area (Å²) in [6.45, 7) is 0. The van der Waals surface area contributed by atoms with Crippen molar-refractivity contribution in [2.24, 2.45) is 0 Å². The maximum atomic E-state index is 13.4. The molecule has 0 aromatic carbocycles. The molecular weight excluding hydrogens is 386 g/mol. The minimum absolute atomic E-state index is 0.0221. The van der Waals surface area contributed by atoms with E-state index in [1.165, 1.54) is 0 Å². The van der Waals surface area contributed by atoms with Gasteiger partial charge in [0.1, 0.15) is 11.7 Å². The Morgan fingerprint density at radius 1 is 1.24 bits per heavy atom. The third kappa shape index (κ3) is 3.90. The number of fused-ring (bicyclic) bond motifs is 1. The van der Waals surface area contributed by atoms with Crippen LogP contribution < -0.4 is 0 Å². The van der Waals surface area contributed by atoms with Gasteiger partial charge < -0.3 is 0 Å². The molecule has 0 amide bonds. The third-order valence-electron chi connectivity index (χ3n) is 3.42. The smallest absolute Gasteiger partial charge is 0.284 e. The number of hydrogen-bond donors (Lipinski definition) is 1. The van der Waals surface area contributed by atoms with Gasteiger partial charge in [-0.2, -0.15) is 30.6 Å². The lowest BCUT2D eigenvalue weighted by Gasteiger charge is -2.27. The van der Waals surface area contributed by atoms with Gasteiger partial charge in [0.15, 0.2) is 0 Å². The van der Waals surface area contributed by atoms with Crippen LogP contribution in [0.5, 0.6) is 0 Å². The molecule has 1 aliphatic rings. The Morgan fingerprint density at radius 3 is 2.28 bits per heavy atom. The number of halogens is 6. The second-order valence-corrected chi connectivity index (χ2v) is 5.62. The summed E-state index contributed by atoms with van der Waals surface area (Å²) in [6.07, 6.45) is -13.3. The molecule has 2 atom stereocenters. The molecule has 2 unspecified atom stereocenters. The number of nitrogens with zero attached hydrogens (tertiary/aromatic N) is 2. The third-order valence-corrected chi connectivity index (χ3v) is 3.82. The van der Waals surface area contributed by atoms with Gasteiger partial charge in [-0.3, -0.25) is 18.9 Å². The van der Waals surface area contributed by atoms with Crippen LogP contribution in [-0.2, 0) is 34.3 Å². The van der Waals surface area contributed by atoms with E-state index in [2.05, 4.69) is 9.17 Å². The van der Waals surface area contributed by atoms with Gasteiger partial charge >= 0.3 is 29.4 Å². The van der Waals surface area contributed by atoms with Crippen LogP contribution in [0.15, 0.2) is 0 Å². The van der Waals surface area contributed by atoms with Crippen LogP contribution in [0.2, 0.25) is 0 Å². The number of pyridine rings is 1. The first kappa shape index (κ1) is 19.5. The summed E-state index contributed by atoms with van der Waals surface area (Å²) in [5, 5.41) is 11.0. The quantitative estimate of drug-likeness (QED) is 0.364. The molecule has 25 heavy (non-hydrogen) atoms. The summed E-state index contributed by atoms with van der Waals surface area (Å²) in [5.41, 5.74) is -8.40. The first-order valence-corrected chi connectivity index (χ1v) is 7.50. The normalized spacial score (nSPS) is 19.4. The highest BCUT2D eigenvalue weighted by atomic mass is 32.2. The molecule has 0 spiro atoms. The van der Waals surface area contributed by atoms with E-state index in [-0.39, 0.29) is 19.3 Å². The highest BCUT2D eigenvalue weighted by Gasteiger charge is 2.52. The van der Waals surface area contributed by atoms with E-state index < -0.39 is 62.9 Å². The molecule has 1 N–H and O–H groups in total. The molecule has 1 heterocycles. The highest BCUT2D eigenvalue weighted by Crippen LogP contribution is 2.49. The summed E-state index contributed by atoms with van der Waals surface area (Å²) < 4.78 is 103. The van der Waals surface area contributed by atoms with Gasteiger partial charge in [-0.25, -0.2) is 4.98 Å². The Labute approximate surface area is 137 Å². The molecule has 0 saturated heterocycles. The molecule has 1 aromatic heterocycles. The van der Waals surface area contributed by atoms with Gasteiger partial charge in [0.05, 0.1) is 4.92 Å². The van der Waals surface area contributed by atoms with Crippen LogP contribution in [0.3, 0.4) is 0 Å². The molecule has 2 rings (SSSR count). The molecule has 0 saturated carbocycles. The van der Waals surface area contributed by atoms with Crippen molar-refractivity contribution in [1.29, 1.82) is 0 Å². The van der Waals surface area contributed by atoms with E-state index in [0.29, 0.717) is 0 Å². The van der Waals surface area contributed by atoms with Crippen LogP contribution in [0, 0.1) is 10.1 Å². The molecular formula is C11H8F6N2O5S. The first-order chi connectivity index (χ1) is 11.3. The summed E-state index contributed by atoms with van der Waals surface area (Å²) >= 11 is -3.03. The monoisotopic (exact) mass is 394 g/mol. The summed E-state index contributed by atoms with van der Waals surface area (Å²) in [5.74, 6) is 0. The summed E-state index contributed by atoms with van der Waals surface area (Å²) in [7, 11) is 0. The van der Waals surface area contributed by atoms with Crippen molar-refractivity contribution in [3.63, 3.8) is 0 Å². The van der Waals surface area contributed by atoms with Crippen molar-refractivity contribution in [3.05, 3.63) is 32.6 Å². The summed E-state index contributed by atoms with van der Waals surface area (Å²) in [6, 6.07) is 0. The Balaban J connectivity index is 2.91. The Bertz CT molecular complexity index is 735. The fraction of sp³-hybridized carbons (Fsp3) is 0.545. The molecule has 0 aliphatic heterocycles. The van der Waals surface area contributed by atoms with Gasteiger partial charge in [0.2, 0.25) is 5.69 Å². The minimum Gasteiger partial charge on any atom is -0.284 e. The molecule has 0 fully saturated rings. The fourth-order valence-corrected chi connectivity index (χ4v) is 3.02. The minimum atomic E-state index is -5.54. The van der Waals surface area contributed by atoms with Gasteiger partial charge in [-0.15, -0.1) is 0 Å². The zero-order valence-corrected chi connectivity index (χ0v) is 12.7. The maximum absolute atomic E-state index is 13.4. The maximum Gasteiger partial charge on any atom is 0.440 e. The lowest BCUT2D eigenvalue weighted by atomic mass is 9.88. The molecule has 0 radical (unpaired) electrons. The molecule has 7 nitrogen and oxygen atoms in total. The predicted octanol–water partition coefficient (Wildman–Crippen LogP) is 3.56. The number of aryl methyl sites for hydroxylation is 1. The number of rotatable bonds is 3. The topological polar surface area (TPSA) is 103 Å². The average Bonchev–Trinajstić information content (AvgIpc) is 2.42. The van der Waals surface area contributed by atoms with E-state index in [9.17, 15) is 40.7 Å². The van der Waals surface area contributed by atoms with Crippen molar-refractivity contribution in [2.75, 3.05) is 0 Å². The average molecular weight is 394 g/mol. The van der Waals surface area contributed by atoms with E-state index in [1.807, 2.05) is 0 Å². The Hall–Kier alpha value is -1.80. The van der Waals surface area contributed by atoms with Crippen molar-refractivity contribution in [1.82, 2.24) is 4.98 Å². The standard InChI is InChI=1S/C11H8F6N2O5S/c12-10(13,14)7-6-4(2-1-3-5(6)24-25(22)23)18-9(11(15,16)17)8(7)19(20)21/h5H,1-3H2,(H,22,23). The fourth-order valence-electron chi connectivity index (χ4n) is 2.63. The van der Waals surface area contributed by atoms with Crippen LogP contribution in [0.4, 0.5) is 32.0 Å². The summed E-state index contributed by atoms with van der Waals surface area (Å²) in [4.78, 5) is 12.2. The van der Waals surface area contributed by atoms with E-state index in [4.69, 9.17) is 4.55 Å². The lowest BCUT2D eigenvalue weighted by Crippen LogP contribution is -2.26. The largest absolute Gasteiger partial charge is 0.440 e. The second kappa shape index (κ2) is 6.49. The lowest BCUT2D eigenvalue weighted by molar-refractivity contribution is -0.391. The number of aromatic nitrogens is 1. The van der Waals surface area contributed by atoms with E-state index >= 15 is 0 Å². The van der Waals surface area contributed by atoms with Crippen LogP contribution >= 0.6 is 0 Å². The van der Waals surface area contributed by atoms with Crippen LogP contribution in [0.1, 0.15) is 41.5 Å². The van der Waals surface area contributed by atoms with Crippen LogP contribution in [-0.4, -0.2) is 18.7 Å². The predicted molar refractivity (Wildman–Crippen MR) is 68.4 cm³/mol. The SMILES string of the molecule is O=[N+]([O-])c1c(C(F)(F)F)nc2c(c1C(F)(F)F)C(OS(=O)O)CCC2. The van der Waals surface area contributed by atoms with Gasteiger partial charge in [-0.1, -0.05) is 0 Å². The first-order valence-electron chi connectivity index (χ1n) is 6.47. The van der Waals surface area contributed by atoms with Gasteiger partial charge in [0, 0.05) is 11.3 Å². The van der Waals surface area contributed by atoms with Crippen molar-refractivity contribution in [2.45, 2.75) is 37.7 Å². The zero-order valence-electron chi connectivity index (χ0n) is 11.8. The molecule has 14 heteroatoms. The van der Waals surface area contributed by atoms with E-state index in [0.717, 1.165) is 0 Å².